The van der Waals surface area contributed by atoms with Crippen molar-refractivity contribution in [2.24, 2.45) is 5.10 Å². The Bertz CT molecular complexity index is 1180. The molecule has 2 N–H and O–H groups in total. The Morgan fingerprint density at radius 1 is 1.16 bits per heavy atom. The summed E-state index contributed by atoms with van der Waals surface area (Å²) >= 11 is 5.84. The third kappa shape index (κ3) is 5.61. The number of rotatable bonds is 5. The largest absolute Gasteiger partial charge is 0.506 e. The van der Waals surface area contributed by atoms with Crippen molar-refractivity contribution in [3.8, 4) is 5.75 Å². The number of aromatic hydroxyl groups is 1. The van der Waals surface area contributed by atoms with Crippen molar-refractivity contribution in [3.63, 3.8) is 0 Å². The molecule has 0 aliphatic rings. The second kappa shape index (κ2) is 9.18. The van der Waals surface area contributed by atoms with Gasteiger partial charge in [0.2, 0.25) is 0 Å². The average Bonchev–Trinajstić information content (AvgIpc) is 2.72. The number of hydrogen-bond donors (Lipinski definition) is 2. The van der Waals surface area contributed by atoms with E-state index in [-0.39, 0.29) is 21.8 Å². The van der Waals surface area contributed by atoms with Crippen molar-refractivity contribution in [1.29, 1.82) is 0 Å². The highest BCUT2D eigenvalue weighted by atomic mass is 35.5. The van der Waals surface area contributed by atoms with Crippen molar-refractivity contribution < 1.29 is 9.90 Å². The second-order valence-corrected chi connectivity index (χ2v) is 8.62. The zero-order chi connectivity index (χ0) is 22.6. The molecule has 0 saturated heterocycles. The standard InChI is InChI=1S/C24H24ClN3O3/c1-24(2,3)18-9-6-16(7-10-18)15-28-12-4-5-19(23(28)31)22(30)27-26-14-17-8-11-21(29)20(25)13-17/h4-14,29H,15H2,1-3H3,(H,27,30)/b26-14-. The van der Waals surface area contributed by atoms with E-state index >= 15 is 0 Å². The quantitative estimate of drug-likeness (QED) is 0.460. The van der Waals surface area contributed by atoms with Gasteiger partial charge >= 0.3 is 0 Å². The van der Waals surface area contributed by atoms with Gasteiger partial charge in [-0.25, -0.2) is 5.43 Å². The molecule has 31 heavy (non-hydrogen) atoms. The molecule has 0 bridgehead atoms. The van der Waals surface area contributed by atoms with Gasteiger partial charge in [-0.1, -0.05) is 56.6 Å². The van der Waals surface area contributed by atoms with E-state index in [1.807, 2.05) is 12.1 Å². The van der Waals surface area contributed by atoms with Crippen molar-refractivity contribution in [1.82, 2.24) is 9.99 Å². The predicted octanol–water partition coefficient (Wildman–Crippen LogP) is 4.32. The number of pyridine rings is 1. The SMILES string of the molecule is CC(C)(C)c1ccc(Cn2cccc(C(=O)N/N=C\c3ccc(O)c(Cl)c3)c2=O)cc1. The van der Waals surface area contributed by atoms with Crippen molar-refractivity contribution >= 4 is 23.7 Å². The van der Waals surface area contributed by atoms with Gasteiger partial charge in [-0.15, -0.1) is 0 Å². The van der Waals surface area contributed by atoms with E-state index in [0.717, 1.165) is 5.56 Å². The molecular weight excluding hydrogens is 414 g/mol. The second-order valence-electron chi connectivity index (χ2n) is 8.21. The minimum absolute atomic E-state index is 0.00491. The Kier molecular flexibility index (Phi) is 6.61. The molecular formula is C24H24ClN3O3. The van der Waals surface area contributed by atoms with Crippen LogP contribution in [0.15, 0.2) is 70.7 Å². The Hall–Kier alpha value is -3.38. The van der Waals surface area contributed by atoms with E-state index in [4.69, 9.17) is 11.6 Å². The molecule has 0 unspecified atom stereocenters. The first-order valence-electron chi connectivity index (χ1n) is 9.76. The Morgan fingerprint density at radius 2 is 1.87 bits per heavy atom. The first-order valence-corrected chi connectivity index (χ1v) is 10.1. The van der Waals surface area contributed by atoms with Crippen LogP contribution in [0.2, 0.25) is 5.02 Å². The Labute approximate surface area is 185 Å². The number of phenols is 1. The van der Waals surface area contributed by atoms with Crippen LogP contribution in [0.25, 0.3) is 0 Å². The molecule has 0 saturated carbocycles. The zero-order valence-corrected chi connectivity index (χ0v) is 18.3. The number of hydrazone groups is 1. The molecule has 1 heterocycles. The van der Waals surface area contributed by atoms with Crippen LogP contribution in [0.5, 0.6) is 5.75 Å². The maximum Gasteiger partial charge on any atom is 0.276 e. The number of hydrogen-bond acceptors (Lipinski definition) is 4. The molecule has 0 fully saturated rings. The number of aromatic nitrogens is 1. The molecule has 7 heteroatoms. The monoisotopic (exact) mass is 437 g/mol. The van der Waals surface area contributed by atoms with E-state index in [0.29, 0.717) is 12.1 Å². The third-order valence-corrected chi connectivity index (χ3v) is 5.09. The summed E-state index contributed by atoms with van der Waals surface area (Å²) < 4.78 is 1.49. The van der Waals surface area contributed by atoms with E-state index < -0.39 is 11.5 Å². The smallest absolute Gasteiger partial charge is 0.276 e. The summed E-state index contributed by atoms with van der Waals surface area (Å²) in [6.07, 6.45) is 3.03. The molecule has 3 rings (SSSR count). The molecule has 1 aromatic heterocycles. The summed E-state index contributed by atoms with van der Waals surface area (Å²) in [5, 5.41) is 13.5. The van der Waals surface area contributed by atoms with Crippen LogP contribution in [0, 0.1) is 0 Å². The molecule has 2 aromatic carbocycles. The summed E-state index contributed by atoms with van der Waals surface area (Å²) in [7, 11) is 0. The summed E-state index contributed by atoms with van der Waals surface area (Å²) in [5.74, 6) is -0.649. The highest BCUT2D eigenvalue weighted by Gasteiger charge is 2.14. The lowest BCUT2D eigenvalue weighted by atomic mass is 9.87. The maximum atomic E-state index is 12.8. The van der Waals surface area contributed by atoms with Crippen LogP contribution in [-0.4, -0.2) is 21.8 Å². The van der Waals surface area contributed by atoms with Crippen LogP contribution in [0.1, 0.15) is 47.8 Å². The molecule has 0 radical (unpaired) electrons. The van der Waals surface area contributed by atoms with E-state index in [1.54, 1.807) is 18.3 Å². The van der Waals surface area contributed by atoms with Gasteiger partial charge in [-0.3, -0.25) is 9.59 Å². The highest BCUT2D eigenvalue weighted by molar-refractivity contribution is 6.32. The fraction of sp³-hybridized carbons (Fsp3) is 0.208. The summed E-state index contributed by atoms with van der Waals surface area (Å²) in [6.45, 7) is 6.80. The lowest BCUT2D eigenvalue weighted by Gasteiger charge is -2.19. The molecule has 0 atom stereocenters. The molecule has 6 nitrogen and oxygen atoms in total. The number of nitrogens with one attached hydrogen (secondary N) is 1. The molecule has 0 aliphatic heterocycles. The first kappa shape index (κ1) is 22.3. The van der Waals surface area contributed by atoms with Gasteiger partial charge in [-0.05, 0) is 52.4 Å². The van der Waals surface area contributed by atoms with Gasteiger partial charge in [0.15, 0.2) is 0 Å². The fourth-order valence-electron chi connectivity index (χ4n) is 2.97. The van der Waals surface area contributed by atoms with Crippen LogP contribution in [-0.2, 0) is 12.0 Å². The fourth-order valence-corrected chi connectivity index (χ4v) is 3.16. The molecule has 3 aromatic rings. The molecule has 0 spiro atoms. The van der Waals surface area contributed by atoms with Crippen molar-refractivity contribution in [2.45, 2.75) is 32.7 Å². The number of nitrogens with zero attached hydrogens (tertiary/aromatic N) is 2. The van der Waals surface area contributed by atoms with Crippen LogP contribution in [0.3, 0.4) is 0 Å². The number of amides is 1. The van der Waals surface area contributed by atoms with E-state index in [9.17, 15) is 14.7 Å². The lowest BCUT2D eigenvalue weighted by Crippen LogP contribution is -2.30. The predicted molar refractivity (Wildman–Crippen MR) is 123 cm³/mol. The van der Waals surface area contributed by atoms with Crippen molar-refractivity contribution in [2.75, 3.05) is 0 Å². The van der Waals surface area contributed by atoms with E-state index in [1.165, 1.54) is 34.5 Å². The van der Waals surface area contributed by atoms with Crippen LogP contribution in [0.4, 0.5) is 0 Å². The summed E-state index contributed by atoms with van der Waals surface area (Å²) in [6, 6.07) is 15.7. The van der Waals surface area contributed by atoms with Crippen LogP contribution < -0.4 is 11.0 Å². The van der Waals surface area contributed by atoms with Gasteiger partial charge in [0.25, 0.3) is 11.5 Å². The number of benzene rings is 2. The van der Waals surface area contributed by atoms with Gasteiger partial charge < -0.3 is 9.67 Å². The topological polar surface area (TPSA) is 83.7 Å². The van der Waals surface area contributed by atoms with Gasteiger partial charge in [-0.2, -0.15) is 5.10 Å². The minimum atomic E-state index is -0.608. The third-order valence-electron chi connectivity index (χ3n) is 4.79. The average molecular weight is 438 g/mol. The number of carbonyl (C=O) groups is 1. The highest BCUT2D eigenvalue weighted by Crippen LogP contribution is 2.23. The number of phenolic OH excluding ortho intramolecular Hbond substituents is 1. The van der Waals surface area contributed by atoms with Gasteiger partial charge in [0, 0.05) is 6.20 Å². The molecule has 0 aliphatic carbocycles. The van der Waals surface area contributed by atoms with Gasteiger partial charge in [0.05, 0.1) is 17.8 Å². The van der Waals surface area contributed by atoms with Crippen LogP contribution >= 0.6 is 11.6 Å². The van der Waals surface area contributed by atoms with Gasteiger partial charge in [0.1, 0.15) is 11.3 Å². The van der Waals surface area contributed by atoms with E-state index in [2.05, 4.69) is 43.4 Å². The summed E-state index contributed by atoms with van der Waals surface area (Å²) in [5.41, 5.74) is 4.77. The lowest BCUT2D eigenvalue weighted by molar-refractivity contribution is 0.0953. The summed E-state index contributed by atoms with van der Waals surface area (Å²) in [4.78, 5) is 25.2. The molecule has 160 valence electrons. The number of halogens is 1. The maximum absolute atomic E-state index is 12.8. The minimum Gasteiger partial charge on any atom is -0.506 e. The Morgan fingerprint density at radius 3 is 2.52 bits per heavy atom. The first-order chi connectivity index (χ1) is 14.6. The number of carbonyl (C=O) groups excluding carboxylic acids is 1. The normalized spacial score (nSPS) is 11.6. The van der Waals surface area contributed by atoms with Crippen molar-refractivity contribution in [3.05, 3.63) is 98.4 Å². The Balaban J connectivity index is 1.72. The molecule has 1 amide bonds. The zero-order valence-electron chi connectivity index (χ0n) is 17.6.